The molecule has 0 spiro atoms. The van der Waals surface area contributed by atoms with Gasteiger partial charge in [0, 0.05) is 19.1 Å². The lowest BCUT2D eigenvalue weighted by Gasteiger charge is -2.31. The Labute approximate surface area is 98.1 Å². The second kappa shape index (κ2) is 4.35. The maximum absolute atomic E-state index is 11.7. The number of ketones is 3. The Morgan fingerprint density at radius 1 is 1.35 bits per heavy atom. The highest BCUT2D eigenvalue weighted by Crippen LogP contribution is 2.30. The van der Waals surface area contributed by atoms with E-state index in [1.807, 2.05) is 0 Å². The predicted molar refractivity (Wildman–Crippen MR) is 57.1 cm³/mol. The highest BCUT2D eigenvalue weighted by atomic mass is 16.7. The third-order valence-corrected chi connectivity index (χ3v) is 2.85. The van der Waals surface area contributed by atoms with Gasteiger partial charge in [-0.2, -0.15) is 0 Å². The lowest BCUT2D eigenvalue weighted by atomic mass is 9.87. The molecule has 5 heteroatoms. The van der Waals surface area contributed by atoms with E-state index in [9.17, 15) is 14.4 Å². The maximum Gasteiger partial charge on any atom is 0.188 e. The molecule has 5 nitrogen and oxygen atoms in total. The van der Waals surface area contributed by atoms with E-state index in [0.717, 1.165) is 0 Å². The minimum atomic E-state index is -0.936. The normalized spacial score (nSPS) is 28.4. The van der Waals surface area contributed by atoms with E-state index in [2.05, 4.69) is 0 Å². The Balaban J connectivity index is 2.43. The predicted octanol–water partition coefficient (Wildman–Crippen LogP) is 0.341. The second-order valence-electron chi connectivity index (χ2n) is 3.96. The van der Waals surface area contributed by atoms with Gasteiger partial charge in [-0.3, -0.25) is 14.4 Å². The third-order valence-electron chi connectivity index (χ3n) is 2.85. The van der Waals surface area contributed by atoms with Crippen molar-refractivity contribution >= 4 is 17.3 Å². The number of allylic oxidation sites excluding steroid dienone is 2. The second-order valence-corrected chi connectivity index (χ2v) is 3.96. The van der Waals surface area contributed by atoms with Gasteiger partial charge < -0.3 is 9.47 Å². The summed E-state index contributed by atoms with van der Waals surface area (Å²) >= 11 is 0. The van der Waals surface area contributed by atoms with Crippen LogP contribution in [0.1, 0.15) is 13.3 Å². The van der Waals surface area contributed by atoms with Crippen molar-refractivity contribution in [2.24, 2.45) is 0 Å². The Morgan fingerprint density at radius 3 is 2.59 bits per heavy atom. The molecule has 0 N–H and O–H groups in total. The Hall–Kier alpha value is -1.59. The largest absolute Gasteiger partial charge is 0.351 e. The monoisotopic (exact) mass is 236 g/mol. The zero-order valence-corrected chi connectivity index (χ0v) is 9.56. The molecule has 2 aliphatic rings. The van der Waals surface area contributed by atoms with Gasteiger partial charge in [-0.05, 0) is 19.1 Å². The summed E-state index contributed by atoms with van der Waals surface area (Å²) in [5.74, 6) is -0.738. The number of methoxy groups -OCH3 is 1. The van der Waals surface area contributed by atoms with E-state index >= 15 is 0 Å². The van der Waals surface area contributed by atoms with Gasteiger partial charge in [0.15, 0.2) is 23.6 Å². The molecular formula is C12H12O5. The lowest BCUT2D eigenvalue weighted by Crippen LogP contribution is -2.40. The molecule has 0 unspecified atom stereocenters. The van der Waals surface area contributed by atoms with Crippen LogP contribution in [0.4, 0.5) is 0 Å². The standard InChI is InChI=1S/C12H12O5/c1-6(13)10-5-7-8(14)3-4-9(15)11(7)12(16-2)17-10/h3-4,10,12H,5H2,1-2H3/t10-,12-/m0/s1. The lowest BCUT2D eigenvalue weighted by molar-refractivity contribution is -0.162. The van der Waals surface area contributed by atoms with Gasteiger partial charge in [-0.15, -0.1) is 0 Å². The van der Waals surface area contributed by atoms with Crippen molar-refractivity contribution in [2.45, 2.75) is 25.7 Å². The molecule has 0 bridgehead atoms. The molecule has 0 aromatic carbocycles. The average Bonchev–Trinajstić information content (AvgIpc) is 2.32. The molecule has 1 heterocycles. The van der Waals surface area contributed by atoms with Crippen LogP contribution in [0.3, 0.4) is 0 Å². The Morgan fingerprint density at radius 2 is 2.00 bits per heavy atom. The van der Waals surface area contributed by atoms with E-state index in [1.54, 1.807) is 0 Å². The van der Waals surface area contributed by atoms with Crippen LogP contribution in [0.25, 0.3) is 0 Å². The first kappa shape index (κ1) is 11.9. The van der Waals surface area contributed by atoms with Crippen LogP contribution in [0, 0.1) is 0 Å². The van der Waals surface area contributed by atoms with Gasteiger partial charge >= 0.3 is 0 Å². The quantitative estimate of drug-likeness (QED) is 0.647. The fourth-order valence-electron chi connectivity index (χ4n) is 1.96. The summed E-state index contributed by atoms with van der Waals surface area (Å²) in [5.41, 5.74) is 0.549. The van der Waals surface area contributed by atoms with Crippen LogP contribution >= 0.6 is 0 Å². The van der Waals surface area contributed by atoms with E-state index in [-0.39, 0.29) is 29.3 Å². The SMILES string of the molecule is CO[C@H]1O[C@H](C(C)=O)CC2=C1C(=O)C=CC2=O. The van der Waals surface area contributed by atoms with Crippen LogP contribution in [0.2, 0.25) is 0 Å². The van der Waals surface area contributed by atoms with Crippen molar-refractivity contribution in [3.8, 4) is 0 Å². The Bertz CT molecular complexity index is 458. The molecule has 0 fully saturated rings. The average molecular weight is 236 g/mol. The van der Waals surface area contributed by atoms with Crippen LogP contribution < -0.4 is 0 Å². The summed E-state index contributed by atoms with van der Waals surface area (Å²) in [6.07, 6.45) is 0.900. The summed E-state index contributed by atoms with van der Waals surface area (Å²) in [4.78, 5) is 34.7. The Kier molecular flexibility index (Phi) is 3.04. The van der Waals surface area contributed by atoms with Gasteiger partial charge in [0.25, 0.3) is 0 Å². The molecule has 2 atom stereocenters. The summed E-state index contributed by atoms with van der Waals surface area (Å²) in [6.45, 7) is 1.38. The van der Waals surface area contributed by atoms with Crippen molar-refractivity contribution in [2.75, 3.05) is 7.11 Å². The van der Waals surface area contributed by atoms with E-state index in [4.69, 9.17) is 9.47 Å². The molecule has 1 aliphatic heterocycles. The van der Waals surface area contributed by atoms with Crippen molar-refractivity contribution in [3.05, 3.63) is 23.3 Å². The van der Waals surface area contributed by atoms with Gasteiger partial charge in [0.05, 0.1) is 5.57 Å². The highest BCUT2D eigenvalue weighted by molar-refractivity contribution is 6.20. The van der Waals surface area contributed by atoms with Crippen LogP contribution in [0.15, 0.2) is 23.3 Å². The molecule has 90 valence electrons. The van der Waals surface area contributed by atoms with Gasteiger partial charge in [0.1, 0.15) is 6.10 Å². The van der Waals surface area contributed by atoms with E-state index in [1.165, 1.54) is 26.2 Å². The van der Waals surface area contributed by atoms with E-state index in [0.29, 0.717) is 5.57 Å². The van der Waals surface area contributed by atoms with Gasteiger partial charge in [0.2, 0.25) is 0 Å². The number of ether oxygens (including phenoxy) is 2. The first-order valence-electron chi connectivity index (χ1n) is 5.23. The number of hydrogen-bond acceptors (Lipinski definition) is 5. The first-order chi connectivity index (χ1) is 8.04. The summed E-state index contributed by atoms with van der Waals surface area (Å²) in [5, 5.41) is 0. The highest BCUT2D eigenvalue weighted by Gasteiger charge is 2.38. The zero-order chi connectivity index (χ0) is 12.6. The molecule has 0 amide bonds. The van der Waals surface area contributed by atoms with Crippen molar-refractivity contribution < 1.29 is 23.9 Å². The summed E-state index contributed by atoms with van der Waals surface area (Å²) < 4.78 is 10.4. The van der Waals surface area contributed by atoms with Crippen molar-refractivity contribution in [1.29, 1.82) is 0 Å². The zero-order valence-electron chi connectivity index (χ0n) is 9.56. The van der Waals surface area contributed by atoms with Gasteiger partial charge in [-0.25, -0.2) is 0 Å². The molecule has 0 radical (unpaired) electrons. The number of rotatable bonds is 2. The molecule has 2 rings (SSSR count). The molecule has 0 saturated carbocycles. The molecule has 1 aliphatic carbocycles. The number of carbonyl (C=O) groups excluding carboxylic acids is 3. The molecule has 0 aromatic heterocycles. The smallest absolute Gasteiger partial charge is 0.188 e. The van der Waals surface area contributed by atoms with Crippen LogP contribution in [0.5, 0.6) is 0 Å². The number of Topliss-reactive ketones (excluding diaryl/α,β-unsaturated/α-hetero) is 1. The molecule has 0 aromatic rings. The first-order valence-corrected chi connectivity index (χ1v) is 5.23. The molecule has 17 heavy (non-hydrogen) atoms. The minimum Gasteiger partial charge on any atom is -0.351 e. The van der Waals surface area contributed by atoms with Gasteiger partial charge in [-0.1, -0.05) is 0 Å². The topological polar surface area (TPSA) is 69.7 Å². The van der Waals surface area contributed by atoms with E-state index < -0.39 is 12.4 Å². The maximum atomic E-state index is 11.7. The third kappa shape index (κ3) is 1.99. The minimum absolute atomic E-state index is 0.138. The van der Waals surface area contributed by atoms with Crippen molar-refractivity contribution in [1.82, 2.24) is 0 Å². The fourth-order valence-corrected chi connectivity index (χ4v) is 1.96. The summed E-state index contributed by atoms with van der Waals surface area (Å²) in [6, 6.07) is 0. The number of carbonyl (C=O) groups is 3. The van der Waals surface area contributed by atoms with Crippen molar-refractivity contribution in [3.63, 3.8) is 0 Å². The molecule has 0 saturated heterocycles. The number of hydrogen-bond donors (Lipinski definition) is 0. The molecular weight excluding hydrogens is 224 g/mol. The summed E-state index contributed by atoms with van der Waals surface area (Å²) in [7, 11) is 1.37. The fraction of sp³-hybridized carbons (Fsp3) is 0.417. The van der Waals surface area contributed by atoms with Crippen LogP contribution in [-0.2, 0) is 23.9 Å². The van der Waals surface area contributed by atoms with Crippen LogP contribution in [-0.4, -0.2) is 36.9 Å².